The number of rotatable bonds is 5. The fourth-order valence-electron chi connectivity index (χ4n) is 2.36. The molecule has 1 atom stereocenters. The number of nitrogens with one attached hydrogen (secondary N) is 1. The SMILES string of the molecule is CC(COc1ccc(B2OC(C)(C)C(C)(C)O2)cn1)NC(=O)OC(C)(C)C. The van der Waals surface area contributed by atoms with Crippen LogP contribution in [0, 0.1) is 0 Å². The molecule has 7 nitrogen and oxygen atoms in total. The third-order valence-electron chi connectivity index (χ3n) is 4.53. The van der Waals surface area contributed by atoms with Gasteiger partial charge in [-0.1, -0.05) is 6.07 Å². The summed E-state index contributed by atoms with van der Waals surface area (Å²) in [6.07, 6.45) is 1.21. The number of carbonyl (C=O) groups is 1. The van der Waals surface area contributed by atoms with Crippen LogP contribution < -0.4 is 15.5 Å². The van der Waals surface area contributed by atoms with Crippen LogP contribution in [0.4, 0.5) is 4.79 Å². The van der Waals surface area contributed by atoms with Crippen molar-refractivity contribution in [3.8, 4) is 5.88 Å². The lowest BCUT2D eigenvalue weighted by molar-refractivity contribution is 0.00578. The number of carbonyl (C=O) groups excluding carboxylic acids is 1. The summed E-state index contributed by atoms with van der Waals surface area (Å²) in [5, 5.41) is 2.73. The maximum absolute atomic E-state index is 11.7. The maximum atomic E-state index is 11.7. The van der Waals surface area contributed by atoms with Gasteiger partial charge >= 0.3 is 13.2 Å². The second kappa shape index (κ2) is 7.68. The van der Waals surface area contributed by atoms with Gasteiger partial charge in [-0.25, -0.2) is 9.78 Å². The molecule has 27 heavy (non-hydrogen) atoms. The van der Waals surface area contributed by atoms with Gasteiger partial charge in [0.25, 0.3) is 0 Å². The van der Waals surface area contributed by atoms with Crippen LogP contribution in [0.2, 0.25) is 0 Å². The fraction of sp³-hybridized carbons (Fsp3) is 0.684. The molecule has 2 heterocycles. The molecular formula is C19H31BN2O5. The first-order chi connectivity index (χ1) is 12.3. The minimum absolute atomic E-state index is 0.218. The largest absolute Gasteiger partial charge is 0.496 e. The first-order valence-electron chi connectivity index (χ1n) is 9.23. The monoisotopic (exact) mass is 378 g/mol. The smallest absolute Gasteiger partial charge is 0.475 e. The first kappa shape index (κ1) is 21.5. The molecule has 1 aliphatic rings. The zero-order valence-electron chi connectivity index (χ0n) is 17.6. The van der Waals surface area contributed by atoms with Crippen LogP contribution in [0.3, 0.4) is 0 Å². The Morgan fingerprint density at radius 3 is 2.30 bits per heavy atom. The normalized spacial score (nSPS) is 19.5. The van der Waals surface area contributed by atoms with E-state index in [0.29, 0.717) is 5.88 Å². The van der Waals surface area contributed by atoms with E-state index in [9.17, 15) is 4.79 Å². The zero-order valence-corrected chi connectivity index (χ0v) is 17.6. The van der Waals surface area contributed by atoms with Gasteiger partial charge in [-0.05, 0) is 61.5 Å². The second-order valence-electron chi connectivity index (χ2n) is 8.88. The van der Waals surface area contributed by atoms with Crippen LogP contribution in [0.5, 0.6) is 5.88 Å². The van der Waals surface area contributed by atoms with Gasteiger partial charge in [-0.15, -0.1) is 0 Å². The molecular weight excluding hydrogens is 347 g/mol. The predicted octanol–water partition coefficient (Wildman–Crippen LogP) is 2.67. The molecule has 0 saturated carbocycles. The summed E-state index contributed by atoms with van der Waals surface area (Å²) in [6, 6.07) is 3.42. The van der Waals surface area contributed by atoms with Gasteiger partial charge in [0.05, 0.1) is 17.2 Å². The number of aromatic nitrogens is 1. The van der Waals surface area contributed by atoms with Crippen LogP contribution >= 0.6 is 0 Å². The van der Waals surface area contributed by atoms with E-state index in [0.717, 1.165) is 5.46 Å². The number of hydrogen-bond acceptors (Lipinski definition) is 6. The van der Waals surface area contributed by atoms with E-state index < -0.39 is 30.0 Å². The minimum atomic E-state index is -0.532. The number of ether oxygens (including phenoxy) is 2. The Bertz CT molecular complexity index is 639. The highest BCUT2D eigenvalue weighted by Crippen LogP contribution is 2.36. The third-order valence-corrected chi connectivity index (χ3v) is 4.53. The van der Waals surface area contributed by atoms with Gasteiger partial charge in [0.15, 0.2) is 0 Å². The number of pyridine rings is 1. The molecule has 0 bridgehead atoms. The number of amides is 1. The standard InChI is InChI=1S/C19H31BN2O5/c1-13(22-16(23)25-17(2,3)4)12-24-15-10-9-14(11-21-15)20-26-18(5,6)19(7,8)27-20/h9-11,13H,12H2,1-8H3,(H,22,23). The lowest BCUT2D eigenvalue weighted by Crippen LogP contribution is -2.41. The van der Waals surface area contributed by atoms with Crippen molar-refractivity contribution in [2.45, 2.75) is 78.2 Å². The maximum Gasteiger partial charge on any atom is 0.496 e. The average Bonchev–Trinajstić information content (AvgIpc) is 2.72. The summed E-state index contributed by atoms with van der Waals surface area (Å²) in [4.78, 5) is 16.0. The summed E-state index contributed by atoms with van der Waals surface area (Å²) in [5.41, 5.74) is -0.484. The fourth-order valence-corrected chi connectivity index (χ4v) is 2.36. The Kier molecular flexibility index (Phi) is 6.11. The molecule has 0 aliphatic carbocycles. The molecule has 2 rings (SSSR count). The van der Waals surface area contributed by atoms with E-state index in [2.05, 4.69) is 10.3 Å². The molecule has 1 saturated heterocycles. The van der Waals surface area contributed by atoms with Gasteiger partial charge in [0, 0.05) is 11.7 Å². The third kappa shape index (κ3) is 5.84. The van der Waals surface area contributed by atoms with Crippen molar-refractivity contribution >= 4 is 18.7 Å². The Morgan fingerprint density at radius 2 is 1.81 bits per heavy atom. The van der Waals surface area contributed by atoms with Crippen molar-refractivity contribution in [3.05, 3.63) is 18.3 Å². The van der Waals surface area contributed by atoms with Crippen LogP contribution in [0.25, 0.3) is 0 Å². The number of alkyl carbamates (subject to hydrolysis) is 1. The van der Waals surface area contributed by atoms with Gasteiger partial charge in [-0.2, -0.15) is 0 Å². The van der Waals surface area contributed by atoms with Crippen LogP contribution in [-0.4, -0.2) is 47.6 Å². The van der Waals surface area contributed by atoms with Gasteiger partial charge < -0.3 is 24.1 Å². The molecule has 1 amide bonds. The van der Waals surface area contributed by atoms with E-state index in [4.69, 9.17) is 18.8 Å². The highest BCUT2D eigenvalue weighted by Gasteiger charge is 2.51. The van der Waals surface area contributed by atoms with Gasteiger partial charge in [-0.3, -0.25) is 0 Å². The Balaban J connectivity index is 1.85. The zero-order chi connectivity index (χ0) is 20.5. The van der Waals surface area contributed by atoms with Gasteiger partial charge in [0.1, 0.15) is 12.2 Å². The van der Waals surface area contributed by atoms with Crippen molar-refractivity contribution in [2.24, 2.45) is 0 Å². The lowest BCUT2D eigenvalue weighted by atomic mass is 9.80. The molecule has 1 aromatic heterocycles. The van der Waals surface area contributed by atoms with Crippen molar-refractivity contribution in [1.29, 1.82) is 0 Å². The number of nitrogens with zero attached hydrogens (tertiary/aromatic N) is 1. The average molecular weight is 378 g/mol. The molecule has 0 spiro atoms. The van der Waals surface area contributed by atoms with Gasteiger partial charge in [0.2, 0.25) is 5.88 Å². The first-order valence-corrected chi connectivity index (χ1v) is 9.23. The van der Waals surface area contributed by atoms with Crippen LogP contribution in [0.1, 0.15) is 55.4 Å². The molecule has 1 aliphatic heterocycles. The van der Waals surface area contributed by atoms with E-state index in [1.165, 1.54) is 0 Å². The topological polar surface area (TPSA) is 78.9 Å². The highest BCUT2D eigenvalue weighted by molar-refractivity contribution is 6.62. The molecule has 0 aromatic carbocycles. The van der Waals surface area contributed by atoms with E-state index in [1.807, 2.05) is 61.5 Å². The quantitative estimate of drug-likeness (QED) is 0.794. The minimum Gasteiger partial charge on any atom is -0.475 e. The molecule has 150 valence electrons. The Labute approximate surface area is 162 Å². The van der Waals surface area contributed by atoms with Crippen molar-refractivity contribution in [2.75, 3.05) is 6.61 Å². The van der Waals surface area contributed by atoms with Crippen molar-refractivity contribution < 1.29 is 23.6 Å². The Hall–Kier alpha value is -1.80. The molecule has 1 fully saturated rings. The van der Waals surface area contributed by atoms with Crippen LogP contribution in [0.15, 0.2) is 18.3 Å². The summed E-state index contributed by atoms with van der Waals surface area (Å²) < 4.78 is 22.9. The van der Waals surface area contributed by atoms with E-state index in [-0.39, 0.29) is 12.6 Å². The summed E-state index contributed by atoms with van der Waals surface area (Å²) >= 11 is 0. The molecule has 1 unspecified atom stereocenters. The van der Waals surface area contributed by atoms with Crippen molar-refractivity contribution in [3.63, 3.8) is 0 Å². The van der Waals surface area contributed by atoms with Crippen LogP contribution in [-0.2, 0) is 14.0 Å². The molecule has 1 aromatic rings. The number of hydrogen-bond donors (Lipinski definition) is 1. The molecule has 0 radical (unpaired) electrons. The molecule has 1 N–H and O–H groups in total. The second-order valence-corrected chi connectivity index (χ2v) is 8.88. The Morgan fingerprint density at radius 1 is 1.22 bits per heavy atom. The highest BCUT2D eigenvalue weighted by atomic mass is 16.7. The summed E-state index contributed by atoms with van der Waals surface area (Å²) in [7, 11) is -0.454. The lowest BCUT2D eigenvalue weighted by Gasteiger charge is -2.32. The van der Waals surface area contributed by atoms with E-state index >= 15 is 0 Å². The molecule has 8 heteroatoms. The van der Waals surface area contributed by atoms with Crippen molar-refractivity contribution in [1.82, 2.24) is 10.3 Å². The van der Waals surface area contributed by atoms with E-state index in [1.54, 1.807) is 12.3 Å². The summed E-state index contributed by atoms with van der Waals surface area (Å²) in [5.74, 6) is 0.466. The predicted molar refractivity (Wildman–Crippen MR) is 104 cm³/mol. The summed E-state index contributed by atoms with van der Waals surface area (Å²) in [6.45, 7) is 15.6.